The number of hydrogen-bond donors (Lipinski definition) is 5. The van der Waals surface area contributed by atoms with Crippen molar-refractivity contribution < 1.29 is 48.8 Å². The van der Waals surface area contributed by atoms with Crippen molar-refractivity contribution in [3.63, 3.8) is 0 Å². The number of fused-ring (bicyclic) bond motifs is 1. The Labute approximate surface area is 317 Å². The second-order valence-electron chi connectivity index (χ2n) is 13.4. The van der Waals surface area contributed by atoms with Crippen molar-refractivity contribution in [1.82, 2.24) is 5.32 Å². The zero-order chi connectivity index (χ0) is 38.2. The van der Waals surface area contributed by atoms with E-state index < -0.39 is 48.7 Å². The number of aromatic nitrogens is 1. The molecule has 53 heavy (non-hydrogen) atoms. The van der Waals surface area contributed by atoms with Gasteiger partial charge in [-0.2, -0.15) is 4.57 Å². The topological polar surface area (TPSA) is 162 Å². The summed E-state index contributed by atoms with van der Waals surface area (Å²) in [6, 6.07) is 18.5. The minimum atomic E-state index is -1.52. The quantitative estimate of drug-likeness (QED) is 0.107. The number of benzene rings is 3. The molecule has 6 rings (SSSR count). The third kappa shape index (κ3) is 7.26. The first-order chi connectivity index (χ1) is 25.3. The highest BCUT2D eigenvalue weighted by atomic mass is 35.5. The van der Waals surface area contributed by atoms with Crippen LogP contribution in [0.15, 0.2) is 79.1 Å². The molecule has 2 aliphatic rings. The van der Waals surface area contributed by atoms with Crippen molar-refractivity contribution in [3.05, 3.63) is 117 Å². The van der Waals surface area contributed by atoms with Gasteiger partial charge in [-0.1, -0.05) is 23.2 Å². The van der Waals surface area contributed by atoms with Crippen LogP contribution in [-0.4, -0.2) is 83.4 Å². The Bertz CT molecular complexity index is 2010. The molecule has 1 aromatic heterocycles. The van der Waals surface area contributed by atoms with Crippen molar-refractivity contribution in [2.24, 2.45) is 0 Å². The molecule has 12 nitrogen and oxygen atoms in total. The maximum absolute atomic E-state index is 14.6. The molecule has 5 N–H and O–H groups in total. The van der Waals surface area contributed by atoms with Gasteiger partial charge in [-0.3, -0.25) is 9.59 Å². The molecular formula is C39H42Cl2N3O9+. The number of ether oxygens (including phenoxy) is 3. The third-order valence-electron chi connectivity index (χ3n) is 10.1. The van der Waals surface area contributed by atoms with E-state index in [-0.39, 0.29) is 24.8 Å². The maximum Gasteiger partial charge on any atom is 0.292 e. The molecule has 2 aliphatic heterocycles. The van der Waals surface area contributed by atoms with E-state index in [9.17, 15) is 30.0 Å². The average Bonchev–Trinajstić information content (AvgIpc) is 3.37. The summed E-state index contributed by atoms with van der Waals surface area (Å²) in [6.45, 7) is 3.42. The third-order valence-corrected chi connectivity index (χ3v) is 10.7. The van der Waals surface area contributed by atoms with E-state index in [0.29, 0.717) is 43.9 Å². The van der Waals surface area contributed by atoms with Crippen LogP contribution in [0.4, 0.5) is 5.69 Å². The number of carbonyl (C=O) groups excluding carboxylic acids is 2. The lowest BCUT2D eigenvalue weighted by Gasteiger charge is -2.36. The van der Waals surface area contributed by atoms with Crippen LogP contribution in [0.2, 0.25) is 10.0 Å². The van der Waals surface area contributed by atoms with Crippen LogP contribution in [-0.2, 0) is 28.0 Å². The number of nitrogens with zero attached hydrogens (tertiary/aromatic N) is 2. The Balaban J connectivity index is 1.23. The number of rotatable bonds is 12. The summed E-state index contributed by atoms with van der Waals surface area (Å²) < 4.78 is 18.2. The number of halogens is 2. The fourth-order valence-electron chi connectivity index (χ4n) is 7.02. The van der Waals surface area contributed by atoms with Crippen molar-refractivity contribution in [2.75, 3.05) is 25.7 Å². The lowest BCUT2D eigenvalue weighted by Crippen LogP contribution is -2.62. The zero-order valence-electron chi connectivity index (χ0n) is 29.6. The van der Waals surface area contributed by atoms with E-state index in [1.54, 1.807) is 100.0 Å². The van der Waals surface area contributed by atoms with Gasteiger partial charge in [-0.05, 0) is 79.6 Å². The number of Topliss-reactive ketones (excluding diaryl/α,β-unsaturated/α-hetero) is 1. The van der Waals surface area contributed by atoms with Crippen LogP contribution in [0.3, 0.4) is 0 Å². The Morgan fingerprint density at radius 3 is 2.49 bits per heavy atom. The van der Waals surface area contributed by atoms with Crippen LogP contribution < -0.4 is 24.3 Å². The average molecular weight is 768 g/mol. The summed E-state index contributed by atoms with van der Waals surface area (Å²) in [5.41, 5.74) is 2.32. The molecule has 0 bridgehead atoms. The molecule has 4 aromatic rings. The van der Waals surface area contributed by atoms with Crippen molar-refractivity contribution in [3.8, 4) is 11.5 Å². The second kappa shape index (κ2) is 15.7. The number of nitrogens with one attached hydrogen (secondary N) is 1. The molecular weight excluding hydrogens is 725 g/mol. The van der Waals surface area contributed by atoms with Gasteiger partial charge < -0.3 is 44.9 Å². The first-order valence-corrected chi connectivity index (χ1v) is 17.8. The summed E-state index contributed by atoms with van der Waals surface area (Å²) in [6.07, 6.45) is -3.25. The number of carbonyl (C=O) groups is 2. The van der Waals surface area contributed by atoms with Crippen molar-refractivity contribution in [1.29, 1.82) is 0 Å². The summed E-state index contributed by atoms with van der Waals surface area (Å²) >= 11 is 13.3. The summed E-state index contributed by atoms with van der Waals surface area (Å²) in [5.74, 6) is 0.698. The van der Waals surface area contributed by atoms with Gasteiger partial charge in [0.2, 0.25) is 5.91 Å². The molecule has 7 atom stereocenters. The van der Waals surface area contributed by atoms with Crippen LogP contribution in [0.25, 0.3) is 0 Å². The Morgan fingerprint density at radius 1 is 1.00 bits per heavy atom. The molecule has 1 saturated heterocycles. The van der Waals surface area contributed by atoms with Crippen molar-refractivity contribution in [2.45, 2.75) is 69.0 Å². The standard InChI is InChI=1S/C39H42Cl2N3O9/c1-21(42-17-22-6-5-13-43(18-22)37-36(49)35(48)34(47)32(20-45)53-37)33(46)23-8-11-29(41)27(14-23)39(2)28-15-25(40)9-12-30(28)44(38(39)50)19-24-7-10-26(51-3)16-31(24)52-4/h5-16,18,21,32,34-37,42,45,47-49H,17,19-20H2,1-4H3/q+1/t21?,32-,34-,35+,36-,37?,39?/m1/s1. The van der Waals surface area contributed by atoms with Crippen molar-refractivity contribution >= 4 is 40.6 Å². The molecule has 1 fully saturated rings. The van der Waals surface area contributed by atoms with Gasteiger partial charge in [0.15, 0.2) is 24.3 Å². The Hall–Kier alpha value is -4.11. The monoisotopic (exact) mass is 766 g/mol. The zero-order valence-corrected chi connectivity index (χ0v) is 31.1. The highest BCUT2D eigenvalue weighted by molar-refractivity contribution is 6.33. The Kier molecular flexibility index (Phi) is 11.4. The van der Waals surface area contributed by atoms with Crippen LogP contribution in [0.5, 0.6) is 11.5 Å². The number of aliphatic hydroxyl groups excluding tert-OH is 4. The van der Waals surface area contributed by atoms with Crippen LogP contribution in [0, 0.1) is 0 Å². The van der Waals surface area contributed by atoms with Gasteiger partial charge in [-0.25, -0.2) is 0 Å². The fourth-order valence-corrected chi connectivity index (χ4v) is 7.50. The predicted octanol–water partition coefficient (Wildman–Crippen LogP) is 3.48. The van der Waals surface area contributed by atoms with Crippen LogP contribution in [0.1, 0.15) is 52.7 Å². The number of amides is 1. The van der Waals surface area contributed by atoms with E-state index in [0.717, 1.165) is 11.1 Å². The molecule has 3 unspecified atom stereocenters. The van der Waals surface area contributed by atoms with Gasteiger partial charge in [0.1, 0.15) is 35.2 Å². The number of hydrogen-bond acceptors (Lipinski definition) is 10. The summed E-state index contributed by atoms with van der Waals surface area (Å²) in [7, 11) is 3.12. The number of ketones is 1. The van der Waals surface area contributed by atoms with Gasteiger partial charge in [-0.15, -0.1) is 0 Å². The molecule has 0 saturated carbocycles. The number of methoxy groups -OCH3 is 2. The minimum Gasteiger partial charge on any atom is -0.497 e. The van der Waals surface area contributed by atoms with E-state index >= 15 is 0 Å². The number of aliphatic hydroxyl groups is 4. The first kappa shape index (κ1) is 38.6. The minimum absolute atomic E-state index is 0.198. The highest BCUT2D eigenvalue weighted by Gasteiger charge is 2.50. The predicted molar refractivity (Wildman–Crippen MR) is 196 cm³/mol. The molecule has 280 valence electrons. The molecule has 0 radical (unpaired) electrons. The SMILES string of the molecule is COc1ccc(CN2C(=O)C(C)(c3cc(C(=O)C(C)NCc4ccc[n+](C5O[C@H](CO)[C@@H](O)[C@H](O)[C@H]5O)c4)ccc3Cl)c3cc(Cl)ccc32)c(OC)c1. The van der Waals surface area contributed by atoms with E-state index in [1.807, 2.05) is 12.1 Å². The lowest BCUT2D eigenvalue weighted by molar-refractivity contribution is -0.778. The molecule has 14 heteroatoms. The van der Waals surface area contributed by atoms with Gasteiger partial charge in [0, 0.05) is 51.1 Å². The summed E-state index contributed by atoms with van der Waals surface area (Å²) in [4.78, 5) is 30.1. The number of anilines is 1. The van der Waals surface area contributed by atoms with Crippen LogP contribution >= 0.6 is 23.2 Å². The Morgan fingerprint density at radius 2 is 1.77 bits per heavy atom. The lowest BCUT2D eigenvalue weighted by atomic mass is 9.76. The van der Waals surface area contributed by atoms with E-state index in [2.05, 4.69) is 5.32 Å². The largest absolute Gasteiger partial charge is 0.497 e. The molecule has 3 heterocycles. The second-order valence-corrected chi connectivity index (χ2v) is 14.2. The van der Waals surface area contributed by atoms with Gasteiger partial charge in [0.25, 0.3) is 6.23 Å². The highest BCUT2D eigenvalue weighted by Crippen LogP contribution is 2.49. The normalized spacial score (nSPS) is 24.5. The maximum atomic E-state index is 14.6. The van der Waals surface area contributed by atoms with E-state index in [4.69, 9.17) is 37.4 Å². The molecule has 0 aliphatic carbocycles. The summed E-state index contributed by atoms with van der Waals surface area (Å²) in [5, 5.41) is 44.6. The molecule has 0 spiro atoms. The smallest absolute Gasteiger partial charge is 0.292 e. The van der Waals surface area contributed by atoms with Gasteiger partial charge in [0.05, 0.1) is 33.4 Å². The molecule has 1 amide bonds. The fraction of sp³-hybridized carbons (Fsp3) is 0.359. The number of pyridine rings is 1. The van der Waals surface area contributed by atoms with E-state index in [1.165, 1.54) is 4.57 Å². The molecule has 3 aromatic carbocycles. The first-order valence-electron chi connectivity index (χ1n) is 17.0. The van der Waals surface area contributed by atoms with Gasteiger partial charge >= 0.3 is 0 Å².